The van der Waals surface area contributed by atoms with E-state index in [4.69, 9.17) is 10.8 Å². The molecular weight excluding hydrogens is 386 g/mol. The van der Waals surface area contributed by atoms with E-state index in [1.165, 1.54) is 12.1 Å². The van der Waals surface area contributed by atoms with Gasteiger partial charge in [0.1, 0.15) is 11.6 Å². The lowest BCUT2D eigenvalue weighted by Gasteiger charge is -2.16. The Bertz CT molecular complexity index is 829. The molecule has 0 amide bonds. The van der Waals surface area contributed by atoms with Gasteiger partial charge in [0.2, 0.25) is 5.78 Å². The van der Waals surface area contributed by atoms with Crippen molar-refractivity contribution in [3.63, 3.8) is 0 Å². The summed E-state index contributed by atoms with van der Waals surface area (Å²) < 4.78 is 27.3. The summed E-state index contributed by atoms with van der Waals surface area (Å²) in [6.45, 7) is 4.21. The lowest BCUT2D eigenvalue weighted by atomic mass is 10.00. The molecule has 7 heteroatoms. The van der Waals surface area contributed by atoms with Crippen molar-refractivity contribution in [1.82, 2.24) is 10.6 Å². The van der Waals surface area contributed by atoms with Crippen LogP contribution in [-0.2, 0) is 17.9 Å². The average molecular weight is 415 g/mol. The van der Waals surface area contributed by atoms with Crippen LogP contribution in [0.15, 0.2) is 48.5 Å². The number of carbonyl (C=O) groups excluding carboxylic acids is 1. The molecule has 0 aliphatic rings. The minimum absolute atomic E-state index is 0.146. The molecule has 0 saturated heterocycles. The van der Waals surface area contributed by atoms with Gasteiger partial charge in [0.05, 0.1) is 11.4 Å². The highest BCUT2D eigenvalue weighted by atomic mass is 19.1. The number of Topliss-reactive ketones (excluding diaryl/α,β-unsaturated/α-hetero) is 1. The van der Waals surface area contributed by atoms with Crippen molar-refractivity contribution in [3.05, 3.63) is 71.3 Å². The van der Waals surface area contributed by atoms with Crippen LogP contribution in [0.5, 0.6) is 0 Å². The summed E-state index contributed by atoms with van der Waals surface area (Å²) in [5, 5.41) is 22.2. The molecule has 0 fully saturated rings. The molecule has 2 aromatic carbocycles. The SMILES string of the molecule is CC(CC(=N)C(=O)C(=N)CC(C)NCc1ccccc1F)NCc1ccccc1F. The summed E-state index contributed by atoms with van der Waals surface area (Å²) in [7, 11) is 0. The maximum absolute atomic E-state index is 13.7. The zero-order valence-electron chi connectivity index (χ0n) is 17.3. The first-order valence-electron chi connectivity index (χ1n) is 9.91. The van der Waals surface area contributed by atoms with E-state index < -0.39 is 5.78 Å². The van der Waals surface area contributed by atoms with Crippen molar-refractivity contribution in [2.75, 3.05) is 0 Å². The van der Waals surface area contributed by atoms with Crippen LogP contribution in [-0.4, -0.2) is 29.3 Å². The van der Waals surface area contributed by atoms with Gasteiger partial charge < -0.3 is 21.5 Å². The number of benzene rings is 2. The Morgan fingerprint density at radius 1 is 0.800 bits per heavy atom. The highest BCUT2D eigenvalue weighted by molar-refractivity contribution is 6.65. The second-order valence-electron chi connectivity index (χ2n) is 7.44. The Morgan fingerprint density at radius 3 is 1.53 bits per heavy atom. The van der Waals surface area contributed by atoms with E-state index in [1.807, 2.05) is 13.8 Å². The second-order valence-corrected chi connectivity index (χ2v) is 7.44. The zero-order valence-corrected chi connectivity index (χ0v) is 17.3. The fraction of sp³-hybridized carbons (Fsp3) is 0.348. The molecule has 2 unspecified atom stereocenters. The second kappa shape index (κ2) is 11.4. The lowest BCUT2D eigenvalue weighted by molar-refractivity contribution is -0.107. The Labute approximate surface area is 175 Å². The third-order valence-electron chi connectivity index (χ3n) is 4.77. The van der Waals surface area contributed by atoms with Gasteiger partial charge in [0, 0.05) is 49.1 Å². The number of carbonyl (C=O) groups is 1. The minimum atomic E-state index is -0.603. The highest BCUT2D eigenvalue weighted by Crippen LogP contribution is 2.08. The predicted octanol–water partition coefficient (Wildman–Crippen LogP) is 4.01. The van der Waals surface area contributed by atoms with Gasteiger partial charge in [0.15, 0.2) is 0 Å². The molecule has 0 heterocycles. The van der Waals surface area contributed by atoms with Crippen LogP contribution in [0.4, 0.5) is 8.78 Å². The van der Waals surface area contributed by atoms with Crippen molar-refractivity contribution in [3.8, 4) is 0 Å². The molecule has 0 bridgehead atoms. The molecule has 5 nitrogen and oxygen atoms in total. The normalized spacial score (nSPS) is 12.9. The van der Waals surface area contributed by atoms with E-state index in [-0.39, 0.29) is 48.0 Å². The topological polar surface area (TPSA) is 88.8 Å². The van der Waals surface area contributed by atoms with E-state index in [1.54, 1.807) is 36.4 Å². The van der Waals surface area contributed by atoms with Crippen LogP contribution in [0.25, 0.3) is 0 Å². The van der Waals surface area contributed by atoms with Gasteiger partial charge in [-0.15, -0.1) is 0 Å². The zero-order chi connectivity index (χ0) is 22.1. The Kier molecular flexibility index (Phi) is 8.95. The highest BCUT2D eigenvalue weighted by Gasteiger charge is 2.20. The Hall–Kier alpha value is -2.77. The molecule has 2 aromatic rings. The summed E-state index contributed by atoms with van der Waals surface area (Å²) in [5.74, 6) is -1.21. The molecule has 0 radical (unpaired) electrons. The van der Waals surface area contributed by atoms with Crippen LogP contribution in [0.1, 0.15) is 37.8 Å². The summed E-state index contributed by atoms with van der Waals surface area (Å²) in [6.07, 6.45) is 0.291. The van der Waals surface area contributed by atoms with Crippen LogP contribution in [0.2, 0.25) is 0 Å². The van der Waals surface area contributed by atoms with Gasteiger partial charge in [0.25, 0.3) is 0 Å². The fourth-order valence-electron chi connectivity index (χ4n) is 2.98. The fourth-order valence-corrected chi connectivity index (χ4v) is 2.98. The summed E-state index contributed by atoms with van der Waals surface area (Å²) in [5.41, 5.74) is 0.721. The number of rotatable bonds is 12. The minimum Gasteiger partial charge on any atom is -0.310 e. The van der Waals surface area contributed by atoms with Gasteiger partial charge in [-0.1, -0.05) is 36.4 Å². The van der Waals surface area contributed by atoms with Crippen molar-refractivity contribution in [2.24, 2.45) is 0 Å². The van der Waals surface area contributed by atoms with Crippen LogP contribution < -0.4 is 10.6 Å². The summed E-state index contributed by atoms with van der Waals surface area (Å²) in [6, 6.07) is 12.4. The molecule has 30 heavy (non-hydrogen) atoms. The Balaban J connectivity index is 1.76. The van der Waals surface area contributed by atoms with E-state index in [0.29, 0.717) is 24.2 Å². The van der Waals surface area contributed by atoms with Crippen LogP contribution in [0.3, 0.4) is 0 Å². The van der Waals surface area contributed by atoms with Gasteiger partial charge in [-0.25, -0.2) is 8.78 Å². The van der Waals surface area contributed by atoms with Gasteiger partial charge >= 0.3 is 0 Å². The van der Waals surface area contributed by atoms with Gasteiger partial charge in [-0.3, -0.25) is 4.79 Å². The standard InChI is InChI=1S/C23H28F2N4O/c1-15(28-13-17-7-3-5-9-19(17)24)11-21(26)23(30)22(27)12-16(2)29-14-18-8-4-6-10-20(18)25/h3-10,15-16,26-29H,11-14H2,1-2H3. The van der Waals surface area contributed by atoms with Crippen molar-refractivity contribution < 1.29 is 13.6 Å². The smallest absolute Gasteiger partial charge is 0.220 e. The monoisotopic (exact) mass is 414 g/mol. The van der Waals surface area contributed by atoms with Gasteiger partial charge in [-0.05, 0) is 26.0 Å². The van der Waals surface area contributed by atoms with Gasteiger partial charge in [-0.2, -0.15) is 0 Å². The largest absolute Gasteiger partial charge is 0.310 e. The number of hydrogen-bond donors (Lipinski definition) is 4. The molecule has 0 aromatic heterocycles. The average Bonchev–Trinajstić information content (AvgIpc) is 2.72. The van der Waals surface area contributed by atoms with E-state index in [2.05, 4.69) is 10.6 Å². The number of ketones is 1. The molecule has 2 rings (SSSR count). The third kappa shape index (κ3) is 7.24. The molecule has 4 N–H and O–H groups in total. The molecule has 0 aliphatic heterocycles. The maximum Gasteiger partial charge on any atom is 0.220 e. The number of nitrogens with one attached hydrogen (secondary N) is 4. The maximum atomic E-state index is 13.7. The first-order valence-corrected chi connectivity index (χ1v) is 9.91. The quantitative estimate of drug-likeness (QED) is 0.396. The van der Waals surface area contributed by atoms with Crippen LogP contribution in [0, 0.1) is 22.5 Å². The Morgan fingerprint density at radius 2 is 1.17 bits per heavy atom. The first kappa shape index (κ1) is 23.5. The molecule has 0 saturated carbocycles. The number of halogens is 2. The van der Waals surface area contributed by atoms with Crippen molar-refractivity contribution in [1.29, 1.82) is 10.8 Å². The molecule has 160 valence electrons. The molecular formula is C23H28F2N4O. The van der Waals surface area contributed by atoms with E-state index >= 15 is 0 Å². The molecule has 0 spiro atoms. The molecule has 2 atom stereocenters. The molecule has 0 aliphatic carbocycles. The lowest BCUT2D eigenvalue weighted by Crippen LogP contribution is -2.35. The summed E-state index contributed by atoms with van der Waals surface area (Å²) in [4.78, 5) is 12.3. The predicted molar refractivity (Wildman–Crippen MR) is 115 cm³/mol. The van der Waals surface area contributed by atoms with Crippen LogP contribution >= 0.6 is 0 Å². The first-order chi connectivity index (χ1) is 14.3. The van der Waals surface area contributed by atoms with Crippen molar-refractivity contribution >= 4 is 17.2 Å². The van der Waals surface area contributed by atoms with E-state index in [0.717, 1.165) is 0 Å². The number of hydrogen-bond acceptors (Lipinski definition) is 5. The summed E-state index contributed by atoms with van der Waals surface area (Å²) >= 11 is 0. The van der Waals surface area contributed by atoms with Crippen molar-refractivity contribution in [2.45, 2.75) is 51.9 Å². The third-order valence-corrected chi connectivity index (χ3v) is 4.77. The van der Waals surface area contributed by atoms with E-state index in [9.17, 15) is 13.6 Å².